The number of aromatic nitrogens is 1. The van der Waals surface area contributed by atoms with Crippen LogP contribution in [0.2, 0.25) is 0 Å². The molecule has 1 fully saturated rings. The number of nitrogens with zero attached hydrogens (tertiary/aromatic N) is 2. The molecule has 0 N–H and O–H groups in total. The monoisotopic (exact) mass is 326 g/mol. The largest absolute Gasteiger partial charge is 0.345 e. The minimum Gasteiger partial charge on any atom is -0.345 e. The average Bonchev–Trinajstić information content (AvgIpc) is 2.59. The Labute approximate surface area is 124 Å². The molecule has 0 saturated carbocycles. The molecule has 19 heavy (non-hydrogen) atoms. The highest BCUT2D eigenvalue weighted by Gasteiger charge is 2.22. The minimum atomic E-state index is 0.172. The molecule has 1 aromatic rings. The number of hydrogen-bond donors (Lipinski definition) is 0. The maximum Gasteiger partial charge on any atom is 0.270 e. The highest BCUT2D eigenvalue weighted by atomic mass is 79.9. The Hall–Kier alpha value is -0.770. The maximum absolute atomic E-state index is 12.5. The highest BCUT2D eigenvalue weighted by Crippen LogP contribution is 2.23. The Morgan fingerprint density at radius 3 is 2.84 bits per heavy atom. The molecule has 1 aliphatic rings. The van der Waals surface area contributed by atoms with E-state index in [2.05, 4.69) is 22.9 Å². The number of carbonyl (C=O) groups excluding carboxylic acids is 1. The second kappa shape index (κ2) is 6.60. The Kier molecular flexibility index (Phi) is 5.08. The van der Waals surface area contributed by atoms with Gasteiger partial charge in [0.1, 0.15) is 5.69 Å². The van der Waals surface area contributed by atoms with E-state index in [9.17, 15) is 4.79 Å². The summed E-state index contributed by atoms with van der Waals surface area (Å²) in [5.74, 6) is 0.980. The topological polar surface area (TPSA) is 25.2 Å². The average molecular weight is 327 g/mol. The highest BCUT2D eigenvalue weighted by molar-refractivity contribution is 9.10. The molecule has 2 heterocycles. The van der Waals surface area contributed by atoms with Crippen molar-refractivity contribution in [1.29, 1.82) is 0 Å². The van der Waals surface area contributed by atoms with Crippen molar-refractivity contribution in [3.63, 3.8) is 0 Å². The van der Waals surface area contributed by atoms with Gasteiger partial charge in [0.25, 0.3) is 5.91 Å². The van der Waals surface area contributed by atoms with Gasteiger partial charge >= 0.3 is 0 Å². The molecule has 1 unspecified atom stereocenters. The smallest absolute Gasteiger partial charge is 0.270 e. The molecule has 0 aliphatic carbocycles. The molecule has 4 heteroatoms. The molecular weight excluding hydrogens is 304 g/mol. The van der Waals surface area contributed by atoms with Crippen LogP contribution in [0.3, 0.4) is 0 Å². The Morgan fingerprint density at radius 1 is 1.42 bits per heavy atom. The summed E-state index contributed by atoms with van der Waals surface area (Å²) in [6.07, 6.45) is 8.06. The van der Waals surface area contributed by atoms with Gasteiger partial charge in [-0.2, -0.15) is 0 Å². The summed E-state index contributed by atoms with van der Waals surface area (Å²) < 4.78 is 2.87. The molecule has 1 saturated heterocycles. The Bertz CT molecular complexity index is 441. The normalized spacial score (nSPS) is 20.4. The summed E-state index contributed by atoms with van der Waals surface area (Å²) >= 11 is 3.43. The van der Waals surface area contributed by atoms with Crippen LogP contribution in [0, 0.1) is 5.92 Å². The van der Waals surface area contributed by atoms with Gasteiger partial charge in [0.2, 0.25) is 0 Å². The van der Waals surface area contributed by atoms with Gasteiger partial charge in [0.05, 0.1) is 0 Å². The summed E-state index contributed by atoms with van der Waals surface area (Å²) in [4.78, 5) is 14.6. The number of rotatable bonds is 3. The lowest BCUT2D eigenvalue weighted by molar-refractivity contribution is 0.0750. The summed E-state index contributed by atoms with van der Waals surface area (Å²) in [6, 6.07) is 1.91. The van der Waals surface area contributed by atoms with E-state index >= 15 is 0 Å². The predicted octanol–water partition coefficient (Wildman–Crippen LogP) is 3.83. The fourth-order valence-corrected chi connectivity index (χ4v) is 3.49. The molecule has 3 nitrogen and oxygen atoms in total. The molecule has 106 valence electrons. The molecule has 0 aromatic carbocycles. The number of likely N-dealkylation sites (tertiary alicyclic amines) is 1. The zero-order chi connectivity index (χ0) is 13.8. The predicted molar refractivity (Wildman–Crippen MR) is 81.3 cm³/mol. The fourth-order valence-electron chi connectivity index (χ4n) is 2.96. The molecule has 0 bridgehead atoms. The molecular formula is C15H23BrN2O. The van der Waals surface area contributed by atoms with E-state index in [-0.39, 0.29) is 5.91 Å². The Balaban J connectivity index is 2.02. The maximum atomic E-state index is 12.5. The molecule has 1 amide bonds. The van der Waals surface area contributed by atoms with Crippen molar-refractivity contribution in [3.05, 3.63) is 22.4 Å². The van der Waals surface area contributed by atoms with E-state index in [1.165, 1.54) is 19.3 Å². The molecule has 1 atom stereocenters. The van der Waals surface area contributed by atoms with Gasteiger partial charge in [-0.3, -0.25) is 4.79 Å². The van der Waals surface area contributed by atoms with Crippen LogP contribution < -0.4 is 0 Å². The minimum absolute atomic E-state index is 0.172. The second-order valence-electron chi connectivity index (χ2n) is 5.53. The van der Waals surface area contributed by atoms with Gasteiger partial charge < -0.3 is 9.47 Å². The standard InChI is InChI=1S/C15H23BrN2O/c1-3-5-12-6-4-8-18(9-7-12)15(19)14-10-13(16)11-17(14)2/h10-12H,3-9H2,1-2H3. The van der Waals surface area contributed by atoms with Crippen LogP contribution in [0.25, 0.3) is 0 Å². The summed E-state index contributed by atoms with van der Waals surface area (Å²) in [5.41, 5.74) is 0.779. The first-order valence-electron chi connectivity index (χ1n) is 7.23. The van der Waals surface area contributed by atoms with Crippen molar-refractivity contribution in [1.82, 2.24) is 9.47 Å². The van der Waals surface area contributed by atoms with Crippen LogP contribution in [0.4, 0.5) is 0 Å². The van der Waals surface area contributed by atoms with Crippen LogP contribution in [-0.4, -0.2) is 28.5 Å². The molecule has 0 spiro atoms. The summed E-state index contributed by atoms with van der Waals surface area (Å²) in [7, 11) is 1.93. The first-order valence-corrected chi connectivity index (χ1v) is 8.02. The molecule has 1 aromatic heterocycles. The van der Waals surface area contributed by atoms with Crippen molar-refractivity contribution >= 4 is 21.8 Å². The Morgan fingerprint density at radius 2 is 2.21 bits per heavy atom. The van der Waals surface area contributed by atoms with Gasteiger partial charge in [0, 0.05) is 30.8 Å². The summed E-state index contributed by atoms with van der Waals surface area (Å²) in [5, 5.41) is 0. The van der Waals surface area contributed by atoms with Gasteiger partial charge in [-0.1, -0.05) is 19.8 Å². The fraction of sp³-hybridized carbons (Fsp3) is 0.667. The van der Waals surface area contributed by atoms with Gasteiger partial charge in [-0.15, -0.1) is 0 Å². The third-order valence-electron chi connectivity index (χ3n) is 4.02. The lowest BCUT2D eigenvalue weighted by Gasteiger charge is -2.20. The van der Waals surface area contributed by atoms with Crippen LogP contribution in [0.1, 0.15) is 49.5 Å². The van der Waals surface area contributed by atoms with Crippen molar-refractivity contribution in [2.24, 2.45) is 13.0 Å². The third-order valence-corrected chi connectivity index (χ3v) is 4.46. The van der Waals surface area contributed by atoms with Crippen molar-refractivity contribution in [2.75, 3.05) is 13.1 Å². The zero-order valence-electron chi connectivity index (χ0n) is 11.9. The van der Waals surface area contributed by atoms with E-state index in [1.807, 2.05) is 28.8 Å². The SMILES string of the molecule is CCCC1CCCN(C(=O)c2cc(Br)cn2C)CC1. The van der Waals surface area contributed by atoms with Gasteiger partial charge in [-0.05, 0) is 47.2 Å². The molecule has 1 aliphatic heterocycles. The van der Waals surface area contributed by atoms with Crippen LogP contribution in [0.5, 0.6) is 0 Å². The van der Waals surface area contributed by atoms with Crippen LogP contribution in [0.15, 0.2) is 16.7 Å². The van der Waals surface area contributed by atoms with Crippen LogP contribution >= 0.6 is 15.9 Å². The summed E-state index contributed by atoms with van der Waals surface area (Å²) in [6.45, 7) is 4.06. The van der Waals surface area contributed by atoms with E-state index in [1.54, 1.807) is 0 Å². The molecule has 2 rings (SSSR count). The second-order valence-corrected chi connectivity index (χ2v) is 6.45. The number of hydrogen-bond acceptors (Lipinski definition) is 1. The number of aryl methyl sites for hydroxylation is 1. The lowest BCUT2D eigenvalue weighted by Crippen LogP contribution is -2.33. The van der Waals surface area contributed by atoms with E-state index in [0.29, 0.717) is 0 Å². The third kappa shape index (κ3) is 3.62. The lowest BCUT2D eigenvalue weighted by atomic mass is 9.96. The van der Waals surface area contributed by atoms with Gasteiger partial charge in [-0.25, -0.2) is 0 Å². The number of amides is 1. The van der Waals surface area contributed by atoms with E-state index in [0.717, 1.165) is 42.0 Å². The molecule has 0 radical (unpaired) electrons. The first kappa shape index (κ1) is 14.6. The zero-order valence-corrected chi connectivity index (χ0v) is 13.4. The van der Waals surface area contributed by atoms with E-state index < -0.39 is 0 Å². The first-order chi connectivity index (χ1) is 9.11. The van der Waals surface area contributed by atoms with E-state index in [4.69, 9.17) is 0 Å². The van der Waals surface area contributed by atoms with Crippen molar-refractivity contribution in [3.8, 4) is 0 Å². The van der Waals surface area contributed by atoms with Gasteiger partial charge in [0.15, 0.2) is 0 Å². The van der Waals surface area contributed by atoms with Crippen LogP contribution in [-0.2, 0) is 7.05 Å². The number of carbonyl (C=O) groups is 1. The van der Waals surface area contributed by atoms with Crippen molar-refractivity contribution in [2.45, 2.75) is 39.0 Å². The van der Waals surface area contributed by atoms with Crippen molar-refractivity contribution < 1.29 is 4.79 Å². The number of halogens is 1. The quantitative estimate of drug-likeness (QED) is 0.828.